The summed E-state index contributed by atoms with van der Waals surface area (Å²) >= 11 is 12.4. The molecule has 1 nitrogen and oxygen atoms in total. The monoisotopic (exact) mass is 285 g/mol. The zero-order chi connectivity index (χ0) is 13.2. The third-order valence-electron chi connectivity index (χ3n) is 3.69. The fourth-order valence-electron chi connectivity index (χ4n) is 3.10. The van der Waals surface area contributed by atoms with Crippen LogP contribution in [0.5, 0.6) is 0 Å². The van der Waals surface area contributed by atoms with E-state index < -0.39 is 0 Å². The zero-order valence-electron chi connectivity index (χ0n) is 11.1. The summed E-state index contributed by atoms with van der Waals surface area (Å²) in [6.07, 6.45) is 4.65. The van der Waals surface area contributed by atoms with E-state index in [0.29, 0.717) is 10.9 Å². The molecule has 100 valence electrons. The smallest absolute Gasteiger partial charge is 0.0624 e. The summed E-state index contributed by atoms with van der Waals surface area (Å²) in [6.45, 7) is 5.67. The lowest BCUT2D eigenvalue weighted by atomic mass is 9.82. The second-order valence-corrected chi connectivity index (χ2v) is 6.58. The molecule has 0 saturated carbocycles. The van der Waals surface area contributed by atoms with Crippen molar-refractivity contribution in [2.45, 2.75) is 45.1 Å². The molecule has 1 aliphatic heterocycles. The van der Waals surface area contributed by atoms with Gasteiger partial charge in [0.1, 0.15) is 0 Å². The van der Waals surface area contributed by atoms with E-state index in [0.717, 1.165) is 18.0 Å². The standard InChI is InChI=1S/C15H21Cl2N/c1-11(2)9-15(7-4-8-18-15)10-12-5-3-6-13(16)14(12)17/h3,5-6,11,18H,4,7-10H2,1-2H3. The fourth-order valence-corrected chi connectivity index (χ4v) is 3.48. The van der Waals surface area contributed by atoms with E-state index in [-0.39, 0.29) is 5.54 Å². The topological polar surface area (TPSA) is 12.0 Å². The van der Waals surface area contributed by atoms with Gasteiger partial charge < -0.3 is 5.32 Å². The molecular weight excluding hydrogens is 265 g/mol. The fraction of sp³-hybridized carbons (Fsp3) is 0.600. The maximum absolute atomic E-state index is 6.31. The third kappa shape index (κ3) is 3.20. The Morgan fingerprint density at radius 3 is 2.72 bits per heavy atom. The Morgan fingerprint density at radius 2 is 2.11 bits per heavy atom. The van der Waals surface area contributed by atoms with Crippen LogP contribution >= 0.6 is 23.2 Å². The highest BCUT2D eigenvalue weighted by atomic mass is 35.5. The minimum Gasteiger partial charge on any atom is -0.311 e. The van der Waals surface area contributed by atoms with Crippen molar-refractivity contribution >= 4 is 23.2 Å². The molecule has 3 heteroatoms. The van der Waals surface area contributed by atoms with Crippen LogP contribution in [-0.2, 0) is 6.42 Å². The molecule has 0 aromatic heterocycles. The van der Waals surface area contributed by atoms with E-state index in [1.807, 2.05) is 12.1 Å². The first-order valence-electron chi connectivity index (χ1n) is 6.70. The van der Waals surface area contributed by atoms with E-state index >= 15 is 0 Å². The number of hydrogen-bond acceptors (Lipinski definition) is 1. The first-order chi connectivity index (χ1) is 8.52. The SMILES string of the molecule is CC(C)CC1(Cc2cccc(Cl)c2Cl)CCCN1. The molecule has 1 aromatic carbocycles. The summed E-state index contributed by atoms with van der Waals surface area (Å²) in [5.74, 6) is 0.688. The van der Waals surface area contributed by atoms with E-state index in [4.69, 9.17) is 23.2 Å². The van der Waals surface area contributed by atoms with Gasteiger partial charge in [0.2, 0.25) is 0 Å². The van der Waals surface area contributed by atoms with E-state index in [9.17, 15) is 0 Å². The molecule has 1 saturated heterocycles. The van der Waals surface area contributed by atoms with Crippen molar-refractivity contribution in [1.82, 2.24) is 5.32 Å². The summed E-state index contributed by atoms with van der Waals surface area (Å²) in [7, 11) is 0. The molecule has 1 aromatic rings. The average Bonchev–Trinajstić information content (AvgIpc) is 2.72. The highest BCUT2D eigenvalue weighted by molar-refractivity contribution is 6.42. The van der Waals surface area contributed by atoms with Gasteiger partial charge in [-0.3, -0.25) is 0 Å². The van der Waals surface area contributed by atoms with Crippen molar-refractivity contribution in [3.8, 4) is 0 Å². The Kier molecular flexibility index (Phi) is 4.58. The van der Waals surface area contributed by atoms with Gasteiger partial charge in [-0.25, -0.2) is 0 Å². The molecular formula is C15H21Cl2N. The van der Waals surface area contributed by atoms with Crippen molar-refractivity contribution in [3.05, 3.63) is 33.8 Å². The summed E-state index contributed by atoms with van der Waals surface area (Å²) in [6, 6.07) is 5.93. The van der Waals surface area contributed by atoms with E-state index in [2.05, 4.69) is 25.2 Å². The number of benzene rings is 1. The van der Waals surface area contributed by atoms with Crippen LogP contribution in [-0.4, -0.2) is 12.1 Å². The molecule has 1 heterocycles. The summed E-state index contributed by atoms with van der Waals surface area (Å²) < 4.78 is 0. The molecule has 1 atom stereocenters. The number of nitrogens with one attached hydrogen (secondary N) is 1. The molecule has 0 bridgehead atoms. The Balaban J connectivity index is 2.21. The molecule has 1 unspecified atom stereocenters. The minimum absolute atomic E-state index is 0.211. The van der Waals surface area contributed by atoms with E-state index in [1.165, 1.54) is 24.8 Å². The normalized spacial score (nSPS) is 23.8. The Hall–Kier alpha value is -0.240. The second kappa shape index (κ2) is 5.81. The lowest BCUT2D eigenvalue weighted by Gasteiger charge is -2.32. The predicted octanol–water partition coefficient (Wildman–Crippen LogP) is 4.70. The second-order valence-electron chi connectivity index (χ2n) is 5.80. The van der Waals surface area contributed by atoms with Crippen LogP contribution in [0.15, 0.2) is 18.2 Å². The van der Waals surface area contributed by atoms with Crippen LogP contribution in [0.2, 0.25) is 10.0 Å². The van der Waals surface area contributed by atoms with Crippen LogP contribution in [0, 0.1) is 5.92 Å². The van der Waals surface area contributed by atoms with Crippen molar-refractivity contribution in [3.63, 3.8) is 0 Å². The van der Waals surface area contributed by atoms with Crippen LogP contribution in [0.4, 0.5) is 0 Å². The number of hydrogen-bond donors (Lipinski definition) is 1. The van der Waals surface area contributed by atoms with E-state index in [1.54, 1.807) is 0 Å². The van der Waals surface area contributed by atoms with Crippen molar-refractivity contribution in [1.29, 1.82) is 0 Å². The lowest BCUT2D eigenvalue weighted by Crippen LogP contribution is -2.43. The van der Waals surface area contributed by atoms with Gasteiger partial charge >= 0.3 is 0 Å². The molecule has 0 radical (unpaired) electrons. The Labute approximate surface area is 120 Å². The number of rotatable bonds is 4. The largest absolute Gasteiger partial charge is 0.311 e. The zero-order valence-corrected chi connectivity index (χ0v) is 12.6. The predicted molar refractivity (Wildman–Crippen MR) is 79.6 cm³/mol. The van der Waals surface area contributed by atoms with Crippen LogP contribution in [0.25, 0.3) is 0 Å². The number of halogens is 2. The van der Waals surface area contributed by atoms with Gasteiger partial charge in [-0.2, -0.15) is 0 Å². The maximum atomic E-state index is 6.31. The van der Waals surface area contributed by atoms with Gasteiger partial charge in [0.25, 0.3) is 0 Å². The van der Waals surface area contributed by atoms with Crippen molar-refractivity contribution in [2.24, 2.45) is 5.92 Å². The first-order valence-corrected chi connectivity index (χ1v) is 7.46. The summed E-state index contributed by atoms with van der Waals surface area (Å²) in [4.78, 5) is 0. The molecule has 1 N–H and O–H groups in total. The molecule has 0 amide bonds. The quantitative estimate of drug-likeness (QED) is 0.845. The molecule has 18 heavy (non-hydrogen) atoms. The third-order valence-corrected chi connectivity index (χ3v) is 4.55. The molecule has 0 aliphatic carbocycles. The van der Waals surface area contributed by atoms with Gasteiger partial charge in [-0.15, -0.1) is 0 Å². The van der Waals surface area contributed by atoms with Crippen LogP contribution < -0.4 is 5.32 Å². The highest BCUT2D eigenvalue weighted by Crippen LogP contribution is 2.34. The molecule has 2 rings (SSSR count). The summed E-state index contributed by atoms with van der Waals surface area (Å²) in [5.41, 5.74) is 1.38. The highest BCUT2D eigenvalue weighted by Gasteiger charge is 2.34. The first kappa shape index (κ1) is 14.2. The van der Waals surface area contributed by atoms with Gasteiger partial charge in [-0.05, 0) is 49.8 Å². The van der Waals surface area contributed by atoms with Gasteiger partial charge in [-0.1, -0.05) is 49.2 Å². The van der Waals surface area contributed by atoms with Crippen molar-refractivity contribution in [2.75, 3.05) is 6.54 Å². The lowest BCUT2D eigenvalue weighted by molar-refractivity contribution is 0.301. The average molecular weight is 286 g/mol. The van der Waals surface area contributed by atoms with Gasteiger partial charge in [0.15, 0.2) is 0 Å². The van der Waals surface area contributed by atoms with Crippen LogP contribution in [0.1, 0.15) is 38.7 Å². The van der Waals surface area contributed by atoms with Crippen LogP contribution in [0.3, 0.4) is 0 Å². The Bertz CT molecular complexity index is 409. The summed E-state index contributed by atoms with van der Waals surface area (Å²) in [5, 5.41) is 5.07. The molecule has 1 fully saturated rings. The maximum Gasteiger partial charge on any atom is 0.0624 e. The molecule has 0 spiro atoms. The Morgan fingerprint density at radius 1 is 1.33 bits per heavy atom. The van der Waals surface area contributed by atoms with Crippen molar-refractivity contribution < 1.29 is 0 Å². The van der Waals surface area contributed by atoms with Gasteiger partial charge in [0, 0.05) is 5.54 Å². The molecule has 1 aliphatic rings. The van der Waals surface area contributed by atoms with Gasteiger partial charge in [0.05, 0.1) is 10.0 Å². The minimum atomic E-state index is 0.211.